The summed E-state index contributed by atoms with van der Waals surface area (Å²) < 4.78 is 7.08. The molecule has 3 heterocycles. The molecule has 1 atom stereocenters. The van der Waals surface area contributed by atoms with Crippen LogP contribution in [0, 0.1) is 11.8 Å². The van der Waals surface area contributed by atoms with Gasteiger partial charge in [0.1, 0.15) is 19.0 Å². The highest BCUT2D eigenvalue weighted by Crippen LogP contribution is 2.35. The maximum Gasteiger partial charge on any atom is 0.322 e. The Balaban J connectivity index is 1.48. The molecule has 4 N–H and O–H groups in total. The Labute approximate surface area is 206 Å². The van der Waals surface area contributed by atoms with Gasteiger partial charge in [0, 0.05) is 29.4 Å². The van der Waals surface area contributed by atoms with Crippen LogP contribution in [0.15, 0.2) is 73.2 Å². The number of urea groups is 1. The van der Waals surface area contributed by atoms with E-state index in [1.54, 1.807) is 48.9 Å². The molecule has 0 saturated carbocycles. The lowest BCUT2D eigenvalue weighted by atomic mass is 9.88. The van der Waals surface area contributed by atoms with Gasteiger partial charge in [0.2, 0.25) is 0 Å². The second-order valence-electron chi connectivity index (χ2n) is 8.26. The van der Waals surface area contributed by atoms with Gasteiger partial charge in [-0.3, -0.25) is 15.1 Å². The van der Waals surface area contributed by atoms with Crippen molar-refractivity contribution >= 4 is 22.7 Å². The number of aromatic nitrogens is 2. The minimum Gasteiger partial charge on any atom is -0.494 e. The van der Waals surface area contributed by atoms with Crippen LogP contribution in [0.5, 0.6) is 11.6 Å². The van der Waals surface area contributed by atoms with Crippen LogP contribution in [0.3, 0.4) is 0 Å². The van der Waals surface area contributed by atoms with Crippen molar-refractivity contribution in [2.45, 2.75) is 12.1 Å². The highest BCUT2D eigenvalue weighted by atomic mass is 16.5. The third-order valence-electron chi connectivity index (χ3n) is 6.09. The number of benzene rings is 2. The van der Waals surface area contributed by atoms with E-state index < -0.39 is 17.5 Å². The van der Waals surface area contributed by atoms with Crippen molar-refractivity contribution in [3.05, 3.63) is 78.8 Å². The standard InChI is InChI=1S/C27H22N4O5/c32-13-1-2-14-36-22-8-5-20-16-31(24(33)23(20)15-22)17-27(25(34)29-26(35)30-27)21-6-3-18(4-7-21)19-9-11-28-12-10-19/h3-12,15-16,32-33H,13-14,17H2,(H2,29,30,34,35)/t27-/m0/s1. The first-order valence-corrected chi connectivity index (χ1v) is 11.2. The fourth-order valence-corrected chi connectivity index (χ4v) is 4.31. The molecule has 9 nitrogen and oxygen atoms in total. The smallest absolute Gasteiger partial charge is 0.322 e. The van der Waals surface area contributed by atoms with Crippen LogP contribution < -0.4 is 15.4 Å². The van der Waals surface area contributed by atoms with Gasteiger partial charge in [-0.2, -0.15) is 0 Å². The predicted molar refractivity (Wildman–Crippen MR) is 132 cm³/mol. The van der Waals surface area contributed by atoms with Crippen molar-refractivity contribution in [3.8, 4) is 34.6 Å². The summed E-state index contributed by atoms with van der Waals surface area (Å²) in [7, 11) is 0. The van der Waals surface area contributed by atoms with Crippen molar-refractivity contribution in [2.75, 3.05) is 13.2 Å². The molecule has 9 heteroatoms. The monoisotopic (exact) mass is 482 g/mol. The highest BCUT2D eigenvalue weighted by molar-refractivity contribution is 6.07. The molecular formula is C27H22N4O5. The van der Waals surface area contributed by atoms with Crippen LogP contribution in [0.1, 0.15) is 5.56 Å². The second kappa shape index (κ2) is 9.44. The third-order valence-corrected chi connectivity index (χ3v) is 6.09. The average molecular weight is 482 g/mol. The number of nitrogens with one attached hydrogen (secondary N) is 2. The number of aromatic hydroxyl groups is 1. The number of aliphatic hydroxyl groups is 1. The van der Waals surface area contributed by atoms with Gasteiger partial charge in [-0.15, -0.1) is 0 Å². The summed E-state index contributed by atoms with van der Waals surface area (Å²) in [5, 5.41) is 26.1. The van der Waals surface area contributed by atoms with E-state index in [1.807, 2.05) is 24.3 Å². The summed E-state index contributed by atoms with van der Waals surface area (Å²) in [6, 6.07) is 15.7. The lowest BCUT2D eigenvalue weighted by Gasteiger charge is -2.27. The Hall–Kier alpha value is -4.81. The molecule has 1 fully saturated rings. The van der Waals surface area contributed by atoms with E-state index in [0.717, 1.165) is 16.5 Å². The molecule has 0 radical (unpaired) electrons. The molecule has 4 aromatic rings. The molecule has 1 aliphatic heterocycles. The summed E-state index contributed by atoms with van der Waals surface area (Å²) in [4.78, 5) is 29.3. The Morgan fingerprint density at radius 3 is 2.44 bits per heavy atom. The molecule has 0 spiro atoms. The van der Waals surface area contributed by atoms with E-state index in [0.29, 0.717) is 16.7 Å². The summed E-state index contributed by atoms with van der Waals surface area (Å²) in [5.74, 6) is 5.09. The van der Waals surface area contributed by atoms with Crippen LogP contribution in [-0.4, -0.2) is 44.9 Å². The fourth-order valence-electron chi connectivity index (χ4n) is 4.31. The van der Waals surface area contributed by atoms with Crippen LogP contribution in [0.25, 0.3) is 21.9 Å². The normalized spacial score (nSPS) is 16.8. The summed E-state index contributed by atoms with van der Waals surface area (Å²) in [6.07, 6.45) is 5.12. The average Bonchev–Trinajstić information content (AvgIpc) is 3.37. The van der Waals surface area contributed by atoms with E-state index in [9.17, 15) is 14.7 Å². The van der Waals surface area contributed by atoms with Gasteiger partial charge in [-0.25, -0.2) is 4.79 Å². The SMILES string of the molecule is O=C1NC(=O)[C@](Cn2cc3ccc(OCC#CCO)cc3c2O)(c2ccc(-c3ccncc3)cc2)N1. The summed E-state index contributed by atoms with van der Waals surface area (Å²) in [6.45, 7) is -0.180. The number of hydrogen-bond acceptors (Lipinski definition) is 6. The minimum absolute atomic E-state index is 0.0299. The Morgan fingerprint density at radius 1 is 1.00 bits per heavy atom. The molecule has 36 heavy (non-hydrogen) atoms. The number of aliphatic hydroxyl groups excluding tert-OH is 1. The van der Waals surface area contributed by atoms with Gasteiger partial charge in [0.05, 0.1) is 6.54 Å². The van der Waals surface area contributed by atoms with Crippen molar-refractivity contribution in [2.24, 2.45) is 0 Å². The molecule has 5 rings (SSSR count). The van der Waals surface area contributed by atoms with Gasteiger partial charge in [0.25, 0.3) is 5.91 Å². The number of fused-ring (bicyclic) bond motifs is 1. The number of nitrogens with zero attached hydrogens (tertiary/aromatic N) is 2. The number of hydrogen-bond donors (Lipinski definition) is 4. The van der Waals surface area contributed by atoms with Gasteiger partial charge >= 0.3 is 6.03 Å². The van der Waals surface area contributed by atoms with Gasteiger partial charge < -0.3 is 24.8 Å². The largest absolute Gasteiger partial charge is 0.494 e. The Morgan fingerprint density at radius 2 is 1.75 bits per heavy atom. The zero-order chi connectivity index (χ0) is 25.1. The van der Waals surface area contributed by atoms with Crippen molar-refractivity contribution in [1.29, 1.82) is 0 Å². The summed E-state index contributed by atoms with van der Waals surface area (Å²) in [5.41, 5.74) is 1.07. The van der Waals surface area contributed by atoms with Crippen LogP contribution in [-0.2, 0) is 16.9 Å². The molecule has 0 aliphatic carbocycles. The maximum atomic E-state index is 13.1. The number of pyridine rings is 1. The fraction of sp³-hybridized carbons (Fsp3) is 0.148. The van der Waals surface area contributed by atoms with Crippen molar-refractivity contribution in [3.63, 3.8) is 0 Å². The molecule has 3 amide bonds. The van der Waals surface area contributed by atoms with E-state index >= 15 is 0 Å². The zero-order valence-electron chi connectivity index (χ0n) is 19.1. The second-order valence-corrected chi connectivity index (χ2v) is 8.26. The molecule has 0 unspecified atom stereocenters. The first kappa shape index (κ1) is 23.0. The molecule has 0 bridgehead atoms. The van der Waals surface area contributed by atoms with Crippen molar-refractivity contribution < 1.29 is 24.5 Å². The van der Waals surface area contributed by atoms with Crippen molar-refractivity contribution in [1.82, 2.24) is 20.2 Å². The molecule has 1 saturated heterocycles. The first-order valence-electron chi connectivity index (χ1n) is 11.2. The molecule has 2 aromatic heterocycles. The van der Waals surface area contributed by atoms with E-state index in [4.69, 9.17) is 9.84 Å². The minimum atomic E-state index is -1.42. The van der Waals surface area contributed by atoms with Gasteiger partial charge in [0.15, 0.2) is 11.4 Å². The molecule has 1 aliphatic rings. The van der Waals surface area contributed by atoms with Crippen LogP contribution >= 0.6 is 0 Å². The number of carbonyl (C=O) groups excluding carboxylic acids is 2. The quantitative estimate of drug-likeness (QED) is 0.247. The predicted octanol–water partition coefficient (Wildman–Crippen LogP) is 2.52. The maximum absolute atomic E-state index is 13.1. The lowest BCUT2D eigenvalue weighted by Crippen LogP contribution is -2.47. The van der Waals surface area contributed by atoms with Gasteiger partial charge in [-0.1, -0.05) is 36.1 Å². The Bertz CT molecular complexity index is 1500. The lowest BCUT2D eigenvalue weighted by molar-refractivity contribution is -0.124. The van der Waals surface area contributed by atoms with Gasteiger partial charge in [-0.05, 0) is 47.0 Å². The van der Waals surface area contributed by atoms with Crippen LogP contribution in [0.4, 0.5) is 4.79 Å². The highest BCUT2D eigenvalue weighted by Gasteiger charge is 2.48. The summed E-state index contributed by atoms with van der Waals surface area (Å²) >= 11 is 0. The van der Waals surface area contributed by atoms with E-state index in [1.165, 1.54) is 4.57 Å². The number of amides is 3. The molecule has 180 valence electrons. The zero-order valence-corrected chi connectivity index (χ0v) is 19.1. The number of ether oxygens (including phenoxy) is 1. The third kappa shape index (κ3) is 4.21. The van der Waals surface area contributed by atoms with E-state index in [2.05, 4.69) is 27.5 Å². The van der Waals surface area contributed by atoms with Crippen LogP contribution in [0.2, 0.25) is 0 Å². The number of carbonyl (C=O) groups is 2. The molecule has 2 aromatic carbocycles. The Kier molecular flexibility index (Phi) is 6.02. The van der Waals surface area contributed by atoms with E-state index in [-0.39, 0.29) is 25.6 Å². The number of imide groups is 1. The first-order chi connectivity index (χ1) is 17.5. The molecular weight excluding hydrogens is 460 g/mol. The topological polar surface area (TPSA) is 126 Å². The number of rotatable bonds is 6.